The van der Waals surface area contributed by atoms with Gasteiger partial charge in [0.2, 0.25) is 0 Å². The molecule has 13 heavy (non-hydrogen) atoms. The molecule has 0 radical (unpaired) electrons. The first-order valence-corrected chi connectivity index (χ1v) is 5.71. The van der Waals surface area contributed by atoms with E-state index in [1.807, 2.05) is 10.7 Å². The second-order valence-corrected chi connectivity index (χ2v) is 4.34. The summed E-state index contributed by atoms with van der Waals surface area (Å²) in [6.07, 6.45) is 2.05. The lowest BCUT2D eigenvalue weighted by Crippen LogP contribution is -2.12. The Morgan fingerprint density at radius 1 is 1.62 bits per heavy atom. The molecule has 1 rings (SSSR count). The van der Waals surface area contributed by atoms with Gasteiger partial charge in [0, 0.05) is 13.2 Å². The van der Waals surface area contributed by atoms with Crippen LogP contribution in [-0.2, 0) is 4.74 Å². The minimum atomic E-state index is 0.0191. The van der Waals surface area contributed by atoms with E-state index in [1.54, 1.807) is 7.11 Å². The first-order valence-electron chi connectivity index (χ1n) is 4.12. The summed E-state index contributed by atoms with van der Waals surface area (Å²) in [5.41, 5.74) is 0. The summed E-state index contributed by atoms with van der Waals surface area (Å²) in [4.78, 5) is 0. The van der Waals surface area contributed by atoms with Crippen LogP contribution in [0, 0.1) is 0 Å². The van der Waals surface area contributed by atoms with E-state index in [2.05, 4.69) is 43.9 Å². The summed E-state index contributed by atoms with van der Waals surface area (Å²) >= 11 is 6.73. The highest BCUT2D eigenvalue weighted by molar-refractivity contribution is 9.11. The minimum Gasteiger partial charge on any atom is -0.360 e. The number of halogens is 2. The maximum absolute atomic E-state index is 5.32. The van der Waals surface area contributed by atoms with Crippen molar-refractivity contribution in [1.29, 1.82) is 0 Å². The predicted molar refractivity (Wildman–Crippen MR) is 58.6 cm³/mol. The molecule has 1 atom stereocenters. The zero-order valence-electron chi connectivity index (χ0n) is 7.63. The third-order valence-electron chi connectivity index (χ3n) is 1.74. The van der Waals surface area contributed by atoms with Crippen molar-refractivity contribution in [3.63, 3.8) is 0 Å². The van der Waals surface area contributed by atoms with Gasteiger partial charge in [-0.25, -0.2) is 4.68 Å². The lowest BCUT2D eigenvalue weighted by atomic mass is 10.3. The second kappa shape index (κ2) is 5.12. The fourth-order valence-electron chi connectivity index (χ4n) is 1.13. The van der Waals surface area contributed by atoms with E-state index in [0.717, 1.165) is 22.0 Å². The van der Waals surface area contributed by atoms with Gasteiger partial charge in [0.1, 0.15) is 9.21 Å². The van der Waals surface area contributed by atoms with Crippen LogP contribution < -0.4 is 0 Å². The van der Waals surface area contributed by atoms with Crippen molar-refractivity contribution in [2.75, 3.05) is 7.11 Å². The average molecular weight is 312 g/mol. The van der Waals surface area contributed by atoms with Gasteiger partial charge in [-0.05, 0) is 38.3 Å². The van der Waals surface area contributed by atoms with Crippen LogP contribution in [0.3, 0.4) is 0 Å². The molecule has 1 unspecified atom stereocenters. The van der Waals surface area contributed by atoms with E-state index in [1.165, 1.54) is 0 Å². The molecule has 3 nitrogen and oxygen atoms in total. The summed E-state index contributed by atoms with van der Waals surface area (Å²) in [6.45, 7) is 2.12. The van der Waals surface area contributed by atoms with Gasteiger partial charge < -0.3 is 4.74 Å². The van der Waals surface area contributed by atoms with Crippen molar-refractivity contribution >= 4 is 31.9 Å². The fraction of sp³-hybridized carbons (Fsp3) is 0.625. The molecular weight excluding hydrogens is 300 g/mol. The van der Waals surface area contributed by atoms with Gasteiger partial charge in [-0.3, -0.25) is 0 Å². The van der Waals surface area contributed by atoms with E-state index in [-0.39, 0.29) is 6.23 Å². The largest absolute Gasteiger partial charge is 0.360 e. The van der Waals surface area contributed by atoms with Crippen LogP contribution in [0.5, 0.6) is 0 Å². The van der Waals surface area contributed by atoms with Crippen LogP contribution in [0.2, 0.25) is 0 Å². The van der Waals surface area contributed by atoms with Crippen molar-refractivity contribution < 1.29 is 4.74 Å². The highest BCUT2D eigenvalue weighted by Crippen LogP contribution is 2.23. The Bertz CT molecular complexity index is 275. The number of methoxy groups -OCH3 is 1. The average Bonchev–Trinajstić information content (AvgIpc) is 2.41. The van der Waals surface area contributed by atoms with E-state index in [4.69, 9.17) is 4.74 Å². The summed E-state index contributed by atoms with van der Waals surface area (Å²) in [7, 11) is 1.70. The Labute approximate surface area is 94.7 Å². The third-order valence-corrected chi connectivity index (χ3v) is 2.72. The molecule has 74 valence electrons. The molecule has 0 aliphatic rings. The molecule has 0 aromatic carbocycles. The quantitative estimate of drug-likeness (QED) is 0.852. The number of aromatic nitrogens is 2. The summed E-state index contributed by atoms with van der Waals surface area (Å²) in [6, 6.07) is 1.90. The molecule has 5 heteroatoms. The number of hydrogen-bond donors (Lipinski definition) is 0. The third kappa shape index (κ3) is 2.79. The maximum Gasteiger partial charge on any atom is 0.151 e. The summed E-state index contributed by atoms with van der Waals surface area (Å²) in [5.74, 6) is 0. The molecule has 1 aromatic rings. The van der Waals surface area contributed by atoms with Crippen LogP contribution in [-0.4, -0.2) is 16.9 Å². The van der Waals surface area contributed by atoms with Gasteiger partial charge in [0.25, 0.3) is 0 Å². The Hall–Kier alpha value is 0.130. The molecule has 0 amide bonds. The number of nitrogens with zero attached hydrogens (tertiary/aromatic N) is 2. The molecular formula is C8H12Br2N2O. The molecule has 0 N–H and O–H groups in total. The summed E-state index contributed by atoms with van der Waals surface area (Å²) in [5, 5.41) is 4.26. The van der Waals surface area contributed by atoms with Crippen LogP contribution in [0.15, 0.2) is 15.3 Å². The van der Waals surface area contributed by atoms with Crippen molar-refractivity contribution in [2.45, 2.75) is 26.0 Å². The number of hydrogen-bond acceptors (Lipinski definition) is 2. The van der Waals surface area contributed by atoms with Crippen molar-refractivity contribution in [1.82, 2.24) is 9.78 Å². The molecule has 0 saturated carbocycles. The normalized spacial score (nSPS) is 13.2. The Balaban J connectivity index is 2.83. The monoisotopic (exact) mass is 310 g/mol. The first kappa shape index (κ1) is 11.2. The lowest BCUT2D eigenvalue weighted by molar-refractivity contribution is 0.0243. The highest BCUT2D eigenvalue weighted by atomic mass is 79.9. The van der Waals surface area contributed by atoms with Crippen LogP contribution in [0.25, 0.3) is 0 Å². The minimum absolute atomic E-state index is 0.0191. The molecule has 0 saturated heterocycles. The van der Waals surface area contributed by atoms with Gasteiger partial charge in [0.05, 0.1) is 0 Å². The van der Waals surface area contributed by atoms with Crippen molar-refractivity contribution in [3.8, 4) is 0 Å². The van der Waals surface area contributed by atoms with Crippen LogP contribution in [0.1, 0.15) is 26.0 Å². The zero-order chi connectivity index (χ0) is 9.84. The molecule has 0 fully saturated rings. The second-order valence-electron chi connectivity index (χ2n) is 2.71. The van der Waals surface area contributed by atoms with E-state index >= 15 is 0 Å². The molecule has 0 bridgehead atoms. The summed E-state index contributed by atoms with van der Waals surface area (Å²) < 4.78 is 8.89. The smallest absolute Gasteiger partial charge is 0.151 e. The topological polar surface area (TPSA) is 27.1 Å². The van der Waals surface area contributed by atoms with Gasteiger partial charge in [-0.1, -0.05) is 13.3 Å². The fourth-order valence-corrected chi connectivity index (χ4v) is 2.35. The van der Waals surface area contributed by atoms with Crippen molar-refractivity contribution in [2.24, 2.45) is 0 Å². The van der Waals surface area contributed by atoms with Crippen LogP contribution in [0.4, 0.5) is 0 Å². The van der Waals surface area contributed by atoms with Gasteiger partial charge in [-0.15, -0.1) is 0 Å². The number of rotatable bonds is 4. The van der Waals surface area contributed by atoms with E-state index < -0.39 is 0 Å². The maximum atomic E-state index is 5.32. The standard InChI is InChI=1S/C8H12Br2N2O/c1-3-4-8(13-2)12-7(10)5-6(9)11-12/h5,8H,3-4H2,1-2H3. The van der Waals surface area contributed by atoms with Gasteiger partial charge >= 0.3 is 0 Å². The first-order chi connectivity index (χ1) is 6.19. The highest BCUT2D eigenvalue weighted by Gasteiger charge is 2.13. The molecule has 0 aliphatic carbocycles. The lowest BCUT2D eigenvalue weighted by Gasteiger charge is -2.15. The number of ether oxygens (including phenoxy) is 1. The van der Waals surface area contributed by atoms with E-state index in [9.17, 15) is 0 Å². The Kier molecular flexibility index (Phi) is 4.41. The van der Waals surface area contributed by atoms with Crippen molar-refractivity contribution in [3.05, 3.63) is 15.3 Å². The molecule has 0 spiro atoms. The van der Waals surface area contributed by atoms with E-state index in [0.29, 0.717) is 0 Å². The Morgan fingerprint density at radius 3 is 2.69 bits per heavy atom. The molecule has 1 heterocycles. The van der Waals surface area contributed by atoms with Gasteiger partial charge in [0.15, 0.2) is 6.23 Å². The zero-order valence-corrected chi connectivity index (χ0v) is 10.8. The van der Waals surface area contributed by atoms with Crippen LogP contribution >= 0.6 is 31.9 Å². The predicted octanol–water partition coefficient (Wildman–Crippen LogP) is 3.35. The Morgan fingerprint density at radius 2 is 2.31 bits per heavy atom. The SMILES string of the molecule is CCCC(OC)n1nc(Br)cc1Br. The van der Waals surface area contributed by atoms with Gasteiger partial charge in [-0.2, -0.15) is 5.10 Å². The molecule has 1 aromatic heterocycles. The molecule has 0 aliphatic heterocycles.